The molecule has 0 aliphatic carbocycles. The molecule has 1 saturated heterocycles. The van der Waals surface area contributed by atoms with Gasteiger partial charge < -0.3 is 14.6 Å². The number of ether oxygens (including phenoxy) is 1. The van der Waals surface area contributed by atoms with Crippen LogP contribution in [0, 0.1) is 6.92 Å². The summed E-state index contributed by atoms with van der Waals surface area (Å²) in [6, 6.07) is 5.29. The average Bonchev–Trinajstić information content (AvgIpc) is 3.16. The number of rotatable bonds is 5. The average molecular weight is 382 g/mol. The molecule has 9 nitrogen and oxygen atoms in total. The van der Waals surface area contributed by atoms with Crippen molar-refractivity contribution in [3.63, 3.8) is 0 Å². The maximum absolute atomic E-state index is 12.9. The molecule has 28 heavy (non-hydrogen) atoms. The molecule has 146 valence electrons. The molecular formula is C19H22N6O3. The predicted octanol–water partition coefficient (Wildman–Crippen LogP) is 0.784. The molecule has 0 spiro atoms. The predicted molar refractivity (Wildman–Crippen MR) is 104 cm³/mol. The molecule has 1 aliphatic heterocycles. The first-order chi connectivity index (χ1) is 13.6. The van der Waals surface area contributed by atoms with Crippen LogP contribution in [0.25, 0.3) is 5.65 Å². The first kappa shape index (κ1) is 18.3. The molecule has 3 aromatic heterocycles. The number of hydrogen-bond donors (Lipinski definition) is 1. The third-order valence-corrected chi connectivity index (χ3v) is 4.89. The van der Waals surface area contributed by atoms with Gasteiger partial charge in [0, 0.05) is 32.4 Å². The standard InChI is InChI=1S/C19H22N6O3/c1-14-4-5-24(7-6-23-8-10-28-11-9-23)19(27)17(14)18(26)22-15-2-3-16-20-13-21-25(16)12-15/h2-5,12-13H,6-11H2,1H3,(H,22,26). The van der Waals surface area contributed by atoms with Crippen LogP contribution in [0.2, 0.25) is 0 Å². The van der Waals surface area contributed by atoms with E-state index in [-0.39, 0.29) is 11.1 Å². The van der Waals surface area contributed by atoms with E-state index in [1.807, 2.05) is 0 Å². The minimum atomic E-state index is -0.428. The number of carbonyl (C=O) groups is 1. The lowest BCUT2D eigenvalue weighted by atomic mass is 10.1. The molecule has 9 heteroatoms. The van der Waals surface area contributed by atoms with Crippen molar-refractivity contribution in [3.8, 4) is 0 Å². The molecule has 0 bridgehead atoms. The SMILES string of the molecule is Cc1ccn(CCN2CCOCC2)c(=O)c1C(=O)Nc1ccc2ncnn2c1. The summed E-state index contributed by atoms with van der Waals surface area (Å²) in [5.74, 6) is -0.428. The van der Waals surface area contributed by atoms with Crippen LogP contribution in [0.4, 0.5) is 5.69 Å². The highest BCUT2D eigenvalue weighted by molar-refractivity contribution is 6.04. The van der Waals surface area contributed by atoms with E-state index in [1.54, 1.807) is 46.6 Å². The Labute approximate surface area is 161 Å². The van der Waals surface area contributed by atoms with Gasteiger partial charge in [0.25, 0.3) is 11.5 Å². The zero-order valence-electron chi connectivity index (χ0n) is 15.7. The van der Waals surface area contributed by atoms with E-state index < -0.39 is 5.91 Å². The van der Waals surface area contributed by atoms with Crippen molar-refractivity contribution >= 4 is 17.2 Å². The highest BCUT2D eigenvalue weighted by Crippen LogP contribution is 2.11. The van der Waals surface area contributed by atoms with Gasteiger partial charge in [-0.25, -0.2) is 9.50 Å². The Morgan fingerprint density at radius 1 is 1.21 bits per heavy atom. The maximum Gasteiger partial charge on any atom is 0.263 e. The molecule has 0 unspecified atom stereocenters. The van der Waals surface area contributed by atoms with E-state index in [4.69, 9.17) is 4.74 Å². The van der Waals surface area contributed by atoms with Crippen LogP contribution >= 0.6 is 0 Å². The summed E-state index contributed by atoms with van der Waals surface area (Å²) in [7, 11) is 0. The number of nitrogens with zero attached hydrogens (tertiary/aromatic N) is 5. The van der Waals surface area contributed by atoms with Crippen molar-refractivity contribution in [2.45, 2.75) is 13.5 Å². The first-order valence-electron chi connectivity index (χ1n) is 9.23. The van der Waals surface area contributed by atoms with Crippen molar-refractivity contribution in [1.29, 1.82) is 0 Å². The third kappa shape index (κ3) is 3.80. The van der Waals surface area contributed by atoms with Gasteiger partial charge in [0.2, 0.25) is 0 Å². The van der Waals surface area contributed by atoms with Crippen LogP contribution in [0.3, 0.4) is 0 Å². The highest BCUT2D eigenvalue weighted by Gasteiger charge is 2.17. The summed E-state index contributed by atoms with van der Waals surface area (Å²) in [6.07, 6.45) is 4.85. The number of anilines is 1. The fraction of sp³-hybridized carbons (Fsp3) is 0.368. The third-order valence-electron chi connectivity index (χ3n) is 4.89. The van der Waals surface area contributed by atoms with Gasteiger partial charge in [-0.2, -0.15) is 5.10 Å². The summed E-state index contributed by atoms with van der Waals surface area (Å²) < 4.78 is 8.51. The smallest absolute Gasteiger partial charge is 0.263 e. The zero-order valence-corrected chi connectivity index (χ0v) is 15.7. The number of pyridine rings is 2. The number of morpholine rings is 1. The second kappa shape index (κ2) is 7.91. The molecule has 1 fully saturated rings. The summed E-state index contributed by atoms with van der Waals surface area (Å²) in [4.78, 5) is 32.0. The van der Waals surface area contributed by atoms with Crippen molar-refractivity contribution in [1.82, 2.24) is 24.1 Å². The van der Waals surface area contributed by atoms with Crippen molar-refractivity contribution in [3.05, 3.63) is 58.4 Å². The van der Waals surface area contributed by atoms with E-state index in [1.165, 1.54) is 6.33 Å². The zero-order chi connectivity index (χ0) is 19.5. The number of aryl methyl sites for hydroxylation is 1. The van der Waals surface area contributed by atoms with Crippen LogP contribution < -0.4 is 10.9 Å². The van der Waals surface area contributed by atoms with Crippen LogP contribution in [-0.4, -0.2) is 62.8 Å². The van der Waals surface area contributed by atoms with E-state index >= 15 is 0 Å². The molecule has 4 heterocycles. The lowest BCUT2D eigenvalue weighted by Gasteiger charge is -2.26. The number of aromatic nitrogens is 4. The Bertz CT molecular complexity index is 1050. The van der Waals surface area contributed by atoms with Gasteiger partial charge in [0.15, 0.2) is 5.65 Å². The summed E-state index contributed by atoms with van der Waals surface area (Å²) in [5.41, 5.74) is 1.74. The van der Waals surface area contributed by atoms with Gasteiger partial charge >= 0.3 is 0 Å². The molecule has 4 rings (SSSR count). The fourth-order valence-corrected chi connectivity index (χ4v) is 3.28. The molecule has 3 aromatic rings. The highest BCUT2D eigenvalue weighted by atomic mass is 16.5. The van der Waals surface area contributed by atoms with Crippen molar-refractivity contribution in [2.24, 2.45) is 0 Å². The number of nitrogens with one attached hydrogen (secondary N) is 1. The molecule has 0 aromatic carbocycles. The molecule has 1 N–H and O–H groups in total. The Balaban J connectivity index is 1.52. The van der Waals surface area contributed by atoms with Crippen molar-refractivity contribution < 1.29 is 9.53 Å². The van der Waals surface area contributed by atoms with Gasteiger partial charge in [0.1, 0.15) is 11.9 Å². The first-order valence-corrected chi connectivity index (χ1v) is 9.23. The number of fused-ring (bicyclic) bond motifs is 1. The van der Waals surface area contributed by atoms with E-state index in [0.717, 1.165) is 19.6 Å². The molecule has 1 aliphatic rings. The van der Waals surface area contributed by atoms with Crippen LogP contribution in [0.5, 0.6) is 0 Å². The molecule has 0 radical (unpaired) electrons. The van der Waals surface area contributed by atoms with Crippen molar-refractivity contribution in [2.75, 3.05) is 38.2 Å². The van der Waals surface area contributed by atoms with E-state index in [0.29, 0.717) is 36.7 Å². The summed E-state index contributed by atoms with van der Waals surface area (Å²) >= 11 is 0. The second-order valence-corrected chi connectivity index (χ2v) is 6.76. The Hall–Kier alpha value is -3.04. The monoisotopic (exact) mass is 382 g/mol. The van der Waals surface area contributed by atoms with Crippen LogP contribution in [0.1, 0.15) is 15.9 Å². The van der Waals surface area contributed by atoms with Crippen LogP contribution in [-0.2, 0) is 11.3 Å². The van der Waals surface area contributed by atoms with Gasteiger partial charge in [-0.1, -0.05) is 0 Å². The Morgan fingerprint density at radius 3 is 2.86 bits per heavy atom. The van der Waals surface area contributed by atoms with Gasteiger partial charge in [-0.05, 0) is 30.7 Å². The van der Waals surface area contributed by atoms with Gasteiger partial charge in [-0.3, -0.25) is 14.5 Å². The molecule has 1 amide bonds. The molecule has 0 atom stereocenters. The second-order valence-electron chi connectivity index (χ2n) is 6.76. The fourth-order valence-electron chi connectivity index (χ4n) is 3.28. The summed E-state index contributed by atoms with van der Waals surface area (Å²) in [6.45, 7) is 6.19. The normalized spacial score (nSPS) is 15.0. The quantitative estimate of drug-likeness (QED) is 0.701. The molecular weight excluding hydrogens is 360 g/mol. The number of carbonyl (C=O) groups excluding carboxylic acids is 1. The summed E-state index contributed by atoms with van der Waals surface area (Å²) in [5, 5.41) is 6.84. The minimum absolute atomic E-state index is 0.156. The topological polar surface area (TPSA) is 93.8 Å². The Morgan fingerprint density at radius 2 is 2.04 bits per heavy atom. The van der Waals surface area contributed by atoms with Gasteiger partial charge in [-0.15, -0.1) is 0 Å². The number of hydrogen-bond acceptors (Lipinski definition) is 6. The number of amides is 1. The van der Waals surface area contributed by atoms with Crippen LogP contribution in [0.15, 0.2) is 41.7 Å². The molecule has 0 saturated carbocycles. The Kier molecular flexibility index (Phi) is 5.18. The maximum atomic E-state index is 12.9. The lowest BCUT2D eigenvalue weighted by Crippen LogP contribution is -2.40. The van der Waals surface area contributed by atoms with Gasteiger partial charge in [0.05, 0.1) is 25.1 Å². The van der Waals surface area contributed by atoms with E-state index in [9.17, 15) is 9.59 Å². The minimum Gasteiger partial charge on any atom is -0.379 e. The largest absolute Gasteiger partial charge is 0.379 e. The lowest BCUT2D eigenvalue weighted by molar-refractivity contribution is 0.0363. The van der Waals surface area contributed by atoms with E-state index in [2.05, 4.69) is 20.3 Å².